The van der Waals surface area contributed by atoms with Crippen LogP contribution in [0.15, 0.2) is 0 Å². The number of carbonyl (C=O) groups excluding carboxylic acids is 3. The van der Waals surface area contributed by atoms with Gasteiger partial charge in [-0.25, -0.2) is 0 Å². The van der Waals surface area contributed by atoms with Gasteiger partial charge in [0.25, 0.3) is 0 Å². The summed E-state index contributed by atoms with van der Waals surface area (Å²) in [5.74, 6) is 0.313. The molecule has 0 saturated heterocycles. The molecule has 0 aliphatic carbocycles. The Morgan fingerprint density at radius 1 is 0.846 bits per heavy atom. The van der Waals surface area contributed by atoms with Crippen molar-refractivity contribution in [3.05, 3.63) is 0 Å². The third kappa shape index (κ3) is 13.7. The fraction of sp³-hybridized carbons (Fsp3) is 0.850. The van der Waals surface area contributed by atoms with Crippen LogP contribution in [0.25, 0.3) is 0 Å². The predicted octanol–water partition coefficient (Wildman–Crippen LogP) is 2.91. The normalized spacial score (nSPS) is 12.9. The third-order valence-corrected chi connectivity index (χ3v) is 4.64. The molecule has 3 amide bonds. The highest BCUT2D eigenvalue weighted by Crippen LogP contribution is 2.05. The van der Waals surface area contributed by atoms with E-state index in [0.29, 0.717) is 19.5 Å². The molecule has 0 fully saturated rings. The van der Waals surface area contributed by atoms with Crippen LogP contribution in [0.2, 0.25) is 0 Å². The van der Waals surface area contributed by atoms with Crippen LogP contribution < -0.4 is 16.0 Å². The van der Waals surface area contributed by atoms with Gasteiger partial charge in [0.05, 0.1) is 0 Å². The molecule has 0 aliphatic rings. The summed E-state index contributed by atoms with van der Waals surface area (Å²) in [5, 5.41) is 8.82. The maximum absolute atomic E-state index is 11.8. The molecule has 6 nitrogen and oxygen atoms in total. The summed E-state index contributed by atoms with van der Waals surface area (Å²) < 4.78 is 0. The summed E-state index contributed by atoms with van der Waals surface area (Å²) in [5.41, 5.74) is 0. The number of hydrogen-bond acceptors (Lipinski definition) is 3. The van der Waals surface area contributed by atoms with E-state index in [-0.39, 0.29) is 29.7 Å². The quantitative estimate of drug-likeness (QED) is 0.388. The van der Waals surface area contributed by atoms with Gasteiger partial charge in [0.2, 0.25) is 17.7 Å². The van der Waals surface area contributed by atoms with Crippen molar-refractivity contribution in [3.63, 3.8) is 0 Å². The molecule has 0 heterocycles. The van der Waals surface area contributed by atoms with Gasteiger partial charge in [-0.1, -0.05) is 27.2 Å². The minimum absolute atomic E-state index is 0.0181. The lowest BCUT2D eigenvalue weighted by atomic mass is 10.1. The third-order valence-electron chi connectivity index (χ3n) is 4.64. The maximum Gasteiger partial charge on any atom is 0.222 e. The second-order valence-corrected chi connectivity index (χ2v) is 7.06. The first-order chi connectivity index (χ1) is 12.4. The smallest absolute Gasteiger partial charge is 0.222 e. The minimum Gasteiger partial charge on any atom is -0.356 e. The lowest BCUT2D eigenvalue weighted by molar-refractivity contribution is -0.124. The fourth-order valence-electron chi connectivity index (χ4n) is 2.66. The van der Waals surface area contributed by atoms with Gasteiger partial charge in [0.15, 0.2) is 0 Å². The van der Waals surface area contributed by atoms with Crippen LogP contribution in [-0.4, -0.2) is 36.9 Å². The second kappa shape index (κ2) is 15.6. The van der Waals surface area contributed by atoms with Crippen molar-refractivity contribution in [1.82, 2.24) is 16.0 Å². The standard InChI is InChI=1S/C20H39N3O3/c1-5-16(3)20(26)22-15-10-7-8-13-19(25)21-14-11-9-12-18(6-2)23-17(4)24/h16,18H,5-15H2,1-4H3,(H,21,25)(H,22,26)(H,23,24)/t16?,18-/m1/s1. The van der Waals surface area contributed by atoms with Crippen LogP contribution in [0, 0.1) is 5.92 Å². The summed E-state index contributed by atoms with van der Waals surface area (Å²) in [6.07, 6.45) is 7.93. The van der Waals surface area contributed by atoms with Crippen molar-refractivity contribution in [2.24, 2.45) is 5.92 Å². The van der Waals surface area contributed by atoms with Gasteiger partial charge < -0.3 is 16.0 Å². The Hall–Kier alpha value is -1.59. The number of unbranched alkanes of at least 4 members (excludes halogenated alkanes) is 3. The van der Waals surface area contributed by atoms with Gasteiger partial charge in [0.1, 0.15) is 0 Å². The van der Waals surface area contributed by atoms with Crippen LogP contribution in [0.1, 0.15) is 85.5 Å². The van der Waals surface area contributed by atoms with Gasteiger partial charge in [-0.2, -0.15) is 0 Å². The number of carbonyl (C=O) groups is 3. The van der Waals surface area contributed by atoms with Gasteiger partial charge in [0, 0.05) is 38.4 Å². The molecule has 3 N–H and O–H groups in total. The molecule has 0 aromatic rings. The SMILES string of the molecule is CCC(C)C(=O)NCCCCCC(=O)NCCCC[C@@H](CC)NC(C)=O. The van der Waals surface area contributed by atoms with E-state index in [2.05, 4.69) is 22.9 Å². The Morgan fingerprint density at radius 2 is 1.50 bits per heavy atom. The fourth-order valence-corrected chi connectivity index (χ4v) is 2.66. The summed E-state index contributed by atoms with van der Waals surface area (Å²) in [4.78, 5) is 34.4. The van der Waals surface area contributed by atoms with E-state index in [4.69, 9.17) is 0 Å². The zero-order valence-electron chi connectivity index (χ0n) is 17.2. The molecule has 0 aliphatic heterocycles. The number of amides is 3. The lowest BCUT2D eigenvalue weighted by Gasteiger charge is -2.15. The molecule has 0 bridgehead atoms. The maximum atomic E-state index is 11.8. The van der Waals surface area contributed by atoms with Crippen molar-refractivity contribution < 1.29 is 14.4 Å². The molecule has 2 atom stereocenters. The van der Waals surface area contributed by atoms with Crippen LogP contribution >= 0.6 is 0 Å². The monoisotopic (exact) mass is 369 g/mol. The van der Waals surface area contributed by atoms with Crippen molar-refractivity contribution in [2.75, 3.05) is 13.1 Å². The van der Waals surface area contributed by atoms with Crippen LogP contribution in [0.3, 0.4) is 0 Å². The molecule has 0 rings (SSSR count). The highest BCUT2D eigenvalue weighted by atomic mass is 16.2. The first kappa shape index (κ1) is 24.4. The molecule has 0 saturated carbocycles. The molecule has 0 radical (unpaired) electrons. The van der Waals surface area contributed by atoms with E-state index in [1.165, 1.54) is 0 Å². The summed E-state index contributed by atoms with van der Waals surface area (Å²) in [6.45, 7) is 8.94. The van der Waals surface area contributed by atoms with Gasteiger partial charge in [-0.15, -0.1) is 0 Å². The summed E-state index contributed by atoms with van der Waals surface area (Å²) in [6, 6.07) is 0.240. The number of nitrogens with one attached hydrogen (secondary N) is 3. The molecular weight excluding hydrogens is 330 g/mol. The Balaban J connectivity index is 3.52. The Labute approximate surface area is 159 Å². The predicted molar refractivity (Wildman–Crippen MR) is 106 cm³/mol. The minimum atomic E-state index is 0.0181. The van der Waals surface area contributed by atoms with E-state index in [1.807, 2.05) is 13.8 Å². The highest BCUT2D eigenvalue weighted by Gasteiger charge is 2.09. The van der Waals surface area contributed by atoms with Crippen LogP contribution in [0.5, 0.6) is 0 Å². The molecule has 152 valence electrons. The Bertz CT molecular complexity index is 413. The van der Waals surface area contributed by atoms with Crippen molar-refractivity contribution in [1.29, 1.82) is 0 Å². The highest BCUT2D eigenvalue weighted by molar-refractivity contribution is 5.78. The van der Waals surface area contributed by atoms with E-state index in [9.17, 15) is 14.4 Å². The first-order valence-electron chi connectivity index (χ1n) is 10.2. The van der Waals surface area contributed by atoms with Crippen LogP contribution in [-0.2, 0) is 14.4 Å². The molecule has 0 aromatic heterocycles. The Kier molecular flexibility index (Phi) is 14.7. The van der Waals surface area contributed by atoms with E-state index in [1.54, 1.807) is 6.92 Å². The average Bonchev–Trinajstić information content (AvgIpc) is 2.61. The molecule has 6 heteroatoms. The lowest BCUT2D eigenvalue weighted by Crippen LogP contribution is -2.32. The van der Waals surface area contributed by atoms with Crippen LogP contribution in [0.4, 0.5) is 0 Å². The molecule has 0 spiro atoms. The zero-order chi connectivity index (χ0) is 19.8. The van der Waals surface area contributed by atoms with E-state index >= 15 is 0 Å². The summed E-state index contributed by atoms with van der Waals surface area (Å²) in [7, 11) is 0. The summed E-state index contributed by atoms with van der Waals surface area (Å²) >= 11 is 0. The van der Waals surface area contributed by atoms with Gasteiger partial charge in [-0.05, 0) is 44.9 Å². The second-order valence-electron chi connectivity index (χ2n) is 7.06. The average molecular weight is 370 g/mol. The molecule has 0 aromatic carbocycles. The first-order valence-corrected chi connectivity index (χ1v) is 10.2. The zero-order valence-corrected chi connectivity index (χ0v) is 17.2. The van der Waals surface area contributed by atoms with E-state index in [0.717, 1.165) is 51.4 Å². The van der Waals surface area contributed by atoms with Crippen molar-refractivity contribution in [3.8, 4) is 0 Å². The van der Waals surface area contributed by atoms with E-state index < -0.39 is 0 Å². The number of hydrogen-bond donors (Lipinski definition) is 3. The largest absolute Gasteiger partial charge is 0.356 e. The topological polar surface area (TPSA) is 87.3 Å². The van der Waals surface area contributed by atoms with Gasteiger partial charge >= 0.3 is 0 Å². The molecular formula is C20H39N3O3. The Morgan fingerprint density at radius 3 is 2.12 bits per heavy atom. The van der Waals surface area contributed by atoms with Crippen molar-refractivity contribution >= 4 is 17.7 Å². The molecule has 26 heavy (non-hydrogen) atoms. The number of rotatable bonds is 15. The van der Waals surface area contributed by atoms with Crippen molar-refractivity contribution in [2.45, 2.75) is 91.5 Å². The molecule has 1 unspecified atom stereocenters. The van der Waals surface area contributed by atoms with Gasteiger partial charge in [-0.3, -0.25) is 14.4 Å².